The van der Waals surface area contributed by atoms with Gasteiger partial charge in [0.05, 0.1) is 0 Å². The van der Waals surface area contributed by atoms with Crippen LogP contribution < -0.4 is 5.11 Å². The molecule has 0 rings (SSSR count). The Bertz CT molecular complexity index is 320. The first-order valence-electron chi connectivity index (χ1n) is 13.5. The molecule has 2 nitrogen and oxygen atoms in total. The number of aliphatic carboxylic acids is 1. The van der Waals surface area contributed by atoms with E-state index in [-0.39, 0.29) is 28.8 Å². The van der Waals surface area contributed by atoms with Gasteiger partial charge in [-0.3, -0.25) is 0 Å². The summed E-state index contributed by atoms with van der Waals surface area (Å²) in [6, 6.07) is 0. The number of carbonyl (C=O) groups is 1. The van der Waals surface area contributed by atoms with E-state index in [1.165, 1.54) is 141 Å². The Balaban J connectivity index is 0. The van der Waals surface area contributed by atoms with Crippen LogP contribution >= 0.6 is 0 Å². The van der Waals surface area contributed by atoms with E-state index in [1.54, 1.807) is 0 Å². The van der Waals surface area contributed by atoms with Crippen molar-refractivity contribution in [1.82, 2.24) is 0 Å². The molecule has 0 saturated carbocycles. The Morgan fingerprint density at radius 3 is 0.833 bits per heavy atom. The van der Waals surface area contributed by atoms with Crippen molar-refractivity contribution >= 4 is 5.97 Å². The molecule has 0 amide bonds. The van der Waals surface area contributed by atoms with Crippen LogP contribution in [-0.4, -0.2) is 5.97 Å². The molecule has 0 aromatic rings. The molecule has 0 aliphatic rings. The van der Waals surface area contributed by atoms with Gasteiger partial charge in [-0.25, -0.2) is 0 Å². The van der Waals surface area contributed by atoms with E-state index >= 15 is 0 Å². The van der Waals surface area contributed by atoms with Crippen molar-refractivity contribution in [2.75, 3.05) is 0 Å². The minimum absolute atomic E-state index is 0. The zero-order valence-electron chi connectivity index (χ0n) is 20.3. The molecular weight excluding hydrogens is 464 g/mol. The van der Waals surface area contributed by atoms with Crippen LogP contribution in [0.25, 0.3) is 0 Å². The minimum Gasteiger partial charge on any atom is -0.550 e. The molecule has 0 unspecified atom stereocenters. The van der Waals surface area contributed by atoms with Gasteiger partial charge in [0.2, 0.25) is 0 Å². The molecule has 0 aliphatic carbocycles. The molecule has 0 aliphatic heterocycles. The molecule has 3 heteroatoms. The fourth-order valence-electron chi connectivity index (χ4n) is 4.23. The monoisotopic (exact) mass is 516 g/mol. The standard InChI is InChI=1S/C27H54O2.Ag/c1-2-3-4-5-6-7-8-9-10-11-12-13-14-15-16-17-18-19-20-21-22-23-24-25-26-27(28)29;/h2-26H2,1H3,(H,28,29);/q;+1/p-1. The average molecular weight is 518 g/mol. The third-order valence-electron chi connectivity index (χ3n) is 6.23. The predicted octanol–water partition coefficient (Wildman–Crippen LogP) is 8.51. The first-order chi connectivity index (χ1) is 14.3. The number of carbonyl (C=O) groups excluding carboxylic acids is 1. The Kier molecular flexibility index (Phi) is 31.5. The van der Waals surface area contributed by atoms with Gasteiger partial charge in [0, 0.05) is 5.97 Å². The molecule has 0 N–H and O–H groups in total. The third kappa shape index (κ3) is 30.4. The Morgan fingerprint density at radius 2 is 0.633 bits per heavy atom. The van der Waals surface area contributed by atoms with Crippen LogP contribution in [0.15, 0.2) is 0 Å². The van der Waals surface area contributed by atoms with Crippen molar-refractivity contribution in [3.8, 4) is 0 Å². The number of carboxylic acid groups (broad SMARTS) is 1. The van der Waals surface area contributed by atoms with E-state index in [1.807, 2.05) is 0 Å². The van der Waals surface area contributed by atoms with E-state index in [9.17, 15) is 9.90 Å². The fourth-order valence-corrected chi connectivity index (χ4v) is 4.23. The van der Waals surface area contributed by atoms with Crippen molar-refractivity contribution in [2.24, 2.45) is 0 Å². The van der Waals surface area contributed by atoms with E-state index in [0.717, 1.165) is 12.8 Å². The van der Waals surface area contributed by atoms with Crippen LogP contribution in [-0.2, 0) is 27.2 Å². The Labute approximate surface area is 205 Å². The van der Waals surface area contributed by atoms with Crippen molar-refractivity contribution in [3.63, 3.8) is 0 Å². The normalized spacial score (nSPS) is 10.8. The van der Waals surface area contributed by atoms with Crippen molar-refractivity contribution in [2.45, 2.75) is 167 Å². The molecule has 0 aromatic carbocycles. The quantitative estimate of drug-likeness (QED) is 0.0900. The number of hydrogen-bond donors (Lipinski definition) is 0. The second kappa shape index (κ2) is 29.2. The summed E-state index contributed by atoms with van der Waals surface area (Å²) in [5, 5.41) is 10.3. The van der Waals surface area contributed by atoms with E-state index in [0.29, 0.717) is 0 Å². The van der Waals surface area contributed by atoms with Crippen LogP contribution in [0.3, 0.4) is 0 Å². The van der Waals surface area contributed by atoms with E-state index < -0.39 is 5.97 Å². The van der Waals surface area contributed by atoms with Crippen molar-refractivity contribution in [1.29, 1.82) is 0 Å². The summed E-state index contributed by atoms with van der Waals surface area (Å²) < 4.78 is 0. The molecular formula is C27H53AgO2. The largest absolute Gasteiger partial charge is 1.00 e. The summed E-state index contributed by atoms with van der Waals surface area (Å²) in [4.78, 5) is 10.3. The molecule has 30 heavy (non-hydrogen) atoms. The smallest absolute Gasteiger partial charge is 0.550 e. The van der Waals surface area contributed by atoms with Gasteiger partial charge in [0.1, 0.15) is 0 Å². The summed E-state index contributed by atoms with van der Waals surface area (Å²) in [7, 11) is 0. The fraction of sp³-hybridized carbons (Fsp3) is 0.963. The topological polar surface area (TPSA) is 40.1 Å². The average Bonchev–Trinajstić information content (AvgIpc) is 2.71. The maximum absolute atomic E-state index is 10.3. The summed E-state index contributed by atoms with van der Waals surface area (Å²) in [6.45, 7) is 2.29. The first-order valence-corrected chi connectivity index (χ1v) is 13.5. The first kappa shape index (κ1) is 32.4. The van der Waals surface area contributed by atoms with Gasteiger partial charge in [-0.15, -0.1) is 0 Å². The summed E-state index contributed by atoms with van der Waals surface area (Å²) in [6.07, 6.45) is 33.2. The maximum Gasteiger partial charge on any atom is 1.00 e. The second-order valence-electron chi connectivity index (χ2n) is 9.25. The Morgan fingerprint density at radius 1 is 0.433 bits per heavy atom. The molecule has 0 saturated heterocycles. The molecule has 184 valence electrons. The van der Waals surface area contributed by atoms with Gasteiger partial charge in [-0.05, 0) is 12.8 Å². The van der Waals surface area contributed by atoms with E-state index in [4.69, 9.17) is 0 Å². The van der Waals surface area contributed by atoms with Gasteiger partial charge in [0.15, 0.2) is 0 Å². The van der Waals surface area contributed by atoms with Crippen LogP contribution in [0.4, 0.5) is 0 Å². The SMILES string of the molecule is CCCCCCCCCCCCCCCCCCCCCCCCCCC(=O)[O-].[Ag+]. The summed E-state index contributed by atoms with van der Waals surface area (Å²) in [5.74, 6) is -0.899. The minimum atomic E-state index is -0.899. The molecule has 0 radical (unpaired) electrons. The molecule has 0 atom stereocenters. The van der Waals surface area contributed by atoms with E-state index in [2.05, 4.69) is 6.92 Å². The third-order valence-corrected chi connectivity index (χ3v) is 6.23. The van der Waals surface area contributed by atoms with Crippen LogP contribution in [0.1, 0.15) is 167 Å². The molecule has 0 spiro atoms. The summed E-state index contributed by atoms with van der Waals surface area (Å²) >= 11 is 0. The van der Waals surface area contributed by atoms with Crippen LogP contribution in [0.5, 0.6) is 0 Å². The molecule has 0 bridgehead atoms. The van der Waals surface area contributed by atoms with Gasteiger partial charge in [-0.1, -0.05) is 155 Å². The maximum atomic E-state index is 10.3. The number of hydrogen-bond acceptors (Lipinski definition) is 2. The van der Waals surface area contributed by atoms with Crippen molar-refractivity contribution in [3.05, 3.63) is 0 Å². The second-order valence-corrected chi connectivity index (χ2v) is 9.25. The van der Waals surface area contributed by atoms with Crippen LogP contribution in [0, 0.1) is 0 Å². The zero-order valence-corrected chi connectivity index (χ0v) is 21.8. The molecule has 0 aromatic heterocycles. The van der Waals surface area contributed by atoms with Gasteiger partial charge in [0.25, 0.3) is 0 Å². The predicted molar refractivity (Wildman–Crippen MR) is 126 cm³/mol. The number of carboxylic acids is 1. The summed E-state index contributed by atoms with van der Waals surface area (Å²) in [5.41, 5.74) is 0. The molecule has 0 heterocycles. The number of rotatable bonds is 25. The molecule has 0 fully saturated rings. The Hall–Kier alpha value is 0.210. The number of unbranched alkanes of at least 4 members (excludes halogenated alkanes) is 23. The van der Waals surface area contributed by atoms with Gasteiger partial charge >= 0.3 is 22.4 Å². The van der Waals surface area contributed by atoms with Gasteiger partial charge in [-0.2, -0.15) is 0 Å². The van der Waals surface area contributed by atoms with Crippen LogP contribution in [0.2, 0.25) is 0 Å². The van der Waals surface area contributed by atoms with Crippen molar-refractivity contribution < 1.29 is 32.3 Å². The zero-order chi connectivity index (χ0) is 21.3. The van der Waals surface area contributed by atoms with Gasteiger partial charge < -0.3 is 9.90 Å².